The van der Waals surface area contributed by atoms with Crippen LogP contribution in [-0.4, -0.2) is 18.4 Å². The zero-order valence-corrected chi connectivity index (χ0v) is 13.6. The number of nitrogens with one attached hydrogen (secondary N) is 1. The van der Waals surface area contributed by atoms with Gasteiger partial charge in [-0.1, -0.05) is 17.7 Å². The molecule has 2 rings (SSSR count). The minimum atomic E-state index is -1.04. The van der Waals surface area contributed by atoms with Gasteiger partial charge < -0.3 is 10.2 Å². The van der Waals surface area contributed by atoms with Crippen molar-refractivity contribution in [1.82, 2.24) is 0 Å². The molecule has 2 amide bonds. The van der Waals surface area contributed by atoms with Crippen LogP contribution >= 0.6 is 11.6 Å². The summed E-state index contributed by atoms with van der Waals surface area (Å²) in [7, 11) is 0. The van der Waals surface area contributed by atoms with Gasteiger partial charge in [0.2, 0.25) is 11.8 Å². The van der Waals surface area contributed by atoms with Crippen LogP contribution in [0, 0.1) is 11.6 Å². The molecule has 0 heterocycles. The molecule has 0 saturated carbocycles. The molecule has 0 aromatic heterocycles. The molecule has 4 nitrogen and oxygen atoms in total. The summed E-state index contributed by atoms with van der Waals surface area (Å²) in [5, 5.41) is 2.93. The summed E-state index contributed by atoms with van der Waals surface area (Å²) < 4.78 is 26.0. The largest absolute Gasteiger partial charge is 0.326 e. The van der Waals surface area contributed by atoms with Crippen LogP contribution in [0.4, 0.5) is 20.2 Å². The Bertz CT molecular complexity index is 768. The Kier molecular flexibility index (Phi) is 5.87. The Labute approximate surface area is 143 Å². The van der Waals surface area contributed by atoms with Crippen molar-refractivity contribution in [3.8, 4) is 0 Å². The highest BCUT2D eigenvalue weighted by atomic mass is 35.5. The van der Waals surface area contributed by atoms with E-state index in [1.165, 1.54) is 17.9 Å². The number of carbonyl (C=O) groups is 2. The number of amides is 2. The molecule has 0 aliphatic heterocycles. The Morgan fingerprint density at radius 2 is 1.88 bits per heavy atom. The van der Waals surface area contributed by atoms with E-state index >= 15 is 0 Å². The maximum atomic E-state index is 13.1. The van der Waals surface area contributed by atoms with Crippen LogP contribution in [-0.2, 0) is 9.59 Å². The maximum Gasteiger partial charge on any atom is 0.226 e. The molecule has 2 aromatic carbocycles. The number of hydrogen-bond acceptors (Lipinski definition) is 2. The Morgan fingerprint density at radius 3 is 2.50 bits per heavy atom. The average Bonchev–Trinajstić information content (AvgIpc) is 2.51. The van der Waals surface area contributed by atoms with Crippen molar-refractivity contribution < 1.29 is 18.4 Å². The second-order valence-electron chi connectivity index (χ2n) is 5.08. The van der Waals surface area contributed by atoms with Gasteiger partial charge in [-0.05, 0) is 30.3 Å². The van der Waals surface area contributed by atoms with Crippen LogP contribution in [0.1, 0.15) is 13.3 Å². The van der Waals surface area contributed by atoms with Gasteiger partial charge in [-0.15, -0.1) is 0 Å². The lowest BCUT2D eigenvalue weighted by molar-refractivity contribution is -0.117. The third-order valence-electron chi connectivity index (χ3n) is 3.27. The highest BCUT2D eigenvalue weighted by Gasteiger charge is 2.14. The van der Waals surface area contributed by atoms with Gasteiger partial charge in [0.15, 0.2) is 11.6 Å². The predicted octanol–water partition coefficient (Wildman–Crippen LogP) is 4.00. The van der Waals surface area contributed by atoms with Gasteiger partial charge in [0.05, 0.1) is 0 Å². The van der Waals surface area contributed by atoms with Crippen molar-refractivity contribution in [2.24, 2.45) is 0 Å². The molecule has 126 valence electrons. The van der Waals surface area contributed by atoms with E-state index in [9.17, 15) is 18.4 Å². The summed E-state index contributed by atoms with van der Waals surface area (Å²) in [5.74, 6) is -2.69. The summed E-state index contributed by atoms with van der Waals surface area (Å²) in [4.78, 5) is 25.1. The lowest BCUT2D eigenvalue weighted by Crippen LogP contribution is -2.31. The fourth-order valence-electron chi connectivity index (χ4n) is 2.12. The van der Waals surface area contributed by atoms with E-state index in [4.69, 9.17) is 11.6 Å². The first-order valence-corrected chi connectivity index (χ1v) is 7.53. The molecule has 0 bridgehead atoms. The number of anilines is 2. The lowest BCUT2D eigenvalue weighted by atomic mass is 10.2. The Morgan fingerprint density at radius 1 is 1.12 bits per heavy atom. The van der Waals surface area contributed by atoms with E-state index in [-0.39, 0.29) is 24.6 Å². The minimum absolute atomic E-state index is 0.00884. The molecule has 1 N–H and O–H groups in total. The van der Waals surface area contributed by atoms with E-state index in [1.54, 1.807) is 24.3 Å². The minimum Gasteiger partial charge on any atom is -0.326 e. The zero-order valence-electron chi connectivity index (χ0n) is 12.9. The predicted molar refractivity (Wildman–Crippen MR) is 89.1 cm³/mol. The Hall–Kier alpha value is -2.47. The van der Waals surface area contributed by atoms with E-state index in [0.29, 0.717) is 10.7 Å². The first kappa shape index (κ1) is 17.9. The van der Waals surface area contributed by atoms with Crippen LogP contribution in [0.3, 0.4) is 0 Å². The van der Waals surface area contributed by atoms with Crippen LogP contribution in [0.5, 0.6) is 0 Å². The van der Waals surface area contributed by atoms with Crippen molar-refractivity contribution in [2.75, 3.05) is 16.8 Å². The summed E-state index contributed by atoms with van der Waals surface area (Å²) in [6.07, 6.45) is -0.00884. The molecule has 0 fully saturated rings. The third kappa shape index (κ3) is 4.76. The summed E-state index contributed by atoms with van der Waals surface area (Å²) in [6.45, 7) is 1.51. The van der Waals surface area contributed by atoms with Gasteiger partial charge in [0.1, 0.15) is 0 Å². The van der Waals surface area contributed by atoms with Gasteiger partial charge in [-0.3, -0.25) is 9.59 Å². The molecular weight excluding hydrogens is 338 g/mol. The smallest absolute Gasteiger partial charge is 0.226 e. The molecular formula is C17H15ClF2N2O2. The van der Waals surface area contributed by atoms with Crippen LogP contribution in [0.2, 0.25) is 5.02 Å². The summed E-state index contributed by atoms with van der Waals surface area (Å²) >= 11 is 5.91. The molecule has 0 unspecified atom stereocenters. The van der Waals surface area contributed by atoms with E-state index in [2.05, 4.69) is 5.32 Å². The van der Waals surface area contributed by atoms with Gasteiger partial charge >= 0.3 is 0 Å². The number of benzene rings is 2. The fourth-order valence-corrected chi connectivity index (χ4v) is 2.31. The molecule has 0 radical (unpaired) electrons. The van der Waals surface area contributed by atoms with Gasteiger partial charge in [0, 0.05) is 42.4 Å². The molecule has 24 heavy (non-hydrogen) atoms. The second kappa shape index (κ2) is 7.88. The number of hydrogen-bond donors (Lipinski definition) is 1. The summed E-state index contributed by atoms with van der Waals surface area (Å²) in [6, 6.07) is 9.80. The van der Waals surface area contributed by atoms with E-state index < -0.39 is 17.5 Å². The van der Waals surface area contributed by atoms with E-state index in [1.807, 2.05) is 0 Å². The number of carbonyl (C=O) groups excluding carboxylic acids is 2. The topological polar surface area (TPSA) is 49.4 Å². The first-order valence-electron chi connectivity index (χ1n) is 7.15. The highest BCUT2D eigenvalue weighted by Crippen LogP contribution is 2.20. The van der Waals surface area contributed by atoms with Crippen LogP contribution in [0.15, 0.2) is 42.5 Å². The lowest BCUT2D eigenvalue weighted by Gasteiger charge is -2.21. The quantitative estimate of drug-likeness (QED) is 0.884. The van der Waals surface area contributed by atoms with Gasteiger partial charge in [-0.2, -0.15) is 0 Å². The third-order valence-corrected chi connectivity index (χ3v) is 3.50. The van der Waals surface area contributed by atoms with Crippen molar-refractivity contribution in [3.05, 3.63) is 59.1 Å². The maximum absolute atomic E-state index is 13.1. The molecule has 0 saturated heterocycles. The second-order valence-corrected chi connectivity index (χ2v) is 5.51. The van der Waals surface area contributed by atoms with Crippen LogP contribution < -0.4 is 10.2 Å². The SMILES string of the molecule is CC(=O)N(CCC(=O)Nc1ccc(F)c(F)c1)c1cccc(Cl)c1. The monoisotopic (exact) mass is 352 g/mol. The standard InChI is InChI=1S/C17H15ClF2N2O2/c1-11(23)22(14-4-2-3-12(18)9-14)8-7-17(24)21-13-5-6-15(19)16(20)10-13/h2-6,9-10H,7-8H2,1H3,(H,21,24). The molecule has 2 aromatic rings. The summed E-state index contributed by atoms with van der Waals surface area (Å²) in [5.41, 5.74) is 0.728. The van der Waals surface area contributed by atoms with Gasteiger partial charge in [0.25, 0.3) is 0 Å². The van der Waals surface area contributed by atoms with E-state index in [0.717, 1.165) is 12.1 Å². The van der Waals surface area contributed by atoms with Crippen molar-refractivity contribution in [1.29, 1.82) is 0 Å². The molecule has 7 heteroatoms. The molecule has 0 atom stereocenters. The van der Waals surface area contributed by atoms with Crippen molar-refractivity contribution in [3.63, 3.8) is 0 Å². The van der Waals surface area contributed by atoms with Crippen LogP contribution in [0.25, 0.3) is 0 Å². The number of rotatable bonds is 5. The number of nitrogens with zero attached hydrogens (tertiary/aromatic N) is 1. The molecule has 0 aliphatic rings. The average molecular weight is 353 g/mol. The molecule has 0 aliphatic carbocycles. The van der Waals surface area contributed by atoms with Crippen molar-refractivity contribution >= 4 is 34.8 Å². The highest BCUT2D eigenvalue weighted by molar-refractivity contribution is 6.30. The molecule has 0 spiro atoms. The van der Waals surface area contributed by atoms with Crippen molar-refractivity contribution in [2.45, 2.75) is 13.3 Å². The van der Waals surface area contributed by atoms with Gasteiger partial charge in [-0.25, -0.2) is 8.78 Å². The number of halogens is 3. The first-order chi connectivity index (χ1) is 11.4. The fraction of sp³-hybridized carbons (Fsp3) is 0.176. The Balaban J connectivity index is 2.00. The normalized spacial score (nSPS) is 10.3. The zero-order chi connectivity index (χ0) is 17.7.